The molecule has 6 aromatic rings. The Kier molecular flexibility index (Phi) is 6.29. The van der Waals surface area contributed by atoms with Crippen molar-refractivity contribution in [2.75, 3.05) is 0 Å². The molecule has 0 fully saturated rings. The van der Waals surface area contributed by atoms with Gasteiger partial charge in [0.05, 0.1) is 10.4 Å². The third-order valence-corrected chi connectivity index (χ3v) is 8.73. The minimum absolute atomic E-state index is 0.242. The molecular weight excluding hydrogens is 506 g/mol. The maximum Gasteiger partial charge on any atom is 0.268 e. The van der Waals surface area contributed by atoms with E-state index in [0.717, 1.165) is 39.2 Å². The standard InChI is InChI=1S/C32H27N3O3S/c1-23-11-12-24(2)35(23)39(36,37)29-19-15-26(16-20-29)31-30-10-6-7-21-34(30)33-32(31)27-13-17-28(18-14-27)38-22-25-8-4-3-5-9-25/h3-21H,22H2,1-2H3. The second-order valence-corrected chi connectivity index (χ2v) is 11.2. The molecule has 6 rings (SSSR count). The number of aryl methyl sites for hydroxylation is 2. The van der Waals surface area contributed by atoms with E-state index >= 15 is 0 Å². The van der Waals surface area contributed by atoms with Gasteiger partial charge >= 0.3 is 0 Å². The minimum Gasteiger partial charge on any atom is -0.489 e. The van der Waals surface area contributed by atoms with Gasteiger partial charge in [-0.2, -0.15) is 5.10 Å². The molecular formula is C32H27N3O3S. The van der Waals surface area contributed by atoms with Crippen molar-refractivity contribution in [2.45, 2.75) is 25.3 Å². The molecule has 0 unspecified atom stereocenters. The van der Waals surface area contributed by atoms with Gasteiger partial charge in [0.15, 0.2) is 0 Å². The third kappa shape index (κ3) is 4.62. The lowest BCUT2D eigenvalue weighted by Crippen LogP contribution is -2.15. The molecule has 194 valence electrons. The van der Waals surface area contributed by atoms with Crippen LogP contribution in [-0.2, 0) is 16.6 Å². The molecule has 6 nitrogen and oxygen atoms in total. The first-order valence-electron chi connectivity index (χ1n) is 12.7. The molecule has 0 saturated carbocycles. The van der Waals surface area contributed by atoms with Crippen molar-refractivity contribution in [1.82, 2.24) is 13.6 Å². The second-order valence-electron chi connectivity index (χ2n) is 9.46. The summed E-state index contributed by atoms with van der Waals surface area (Å²) in [6.45, 7) is 4.08. The normalized spacial score (nSPS) is 11.6. The number of nitrogens with zero attached hydrogens (tertiary/aromatic N) is 3. The highest BCUT2D eigenvalue weighted by Gasteiger charge is 2.22. The summed E-state index contributed by atoms with van der Waals surface area (Å²) in [6, 6.07) is 34.5. The number of ether oxygens (including phenoxy) is 1. The molecule has 0 saturated heterocycles. The molecule has 39 heavy (non-hydrogen) atoms. The van der Waals surface area contributed by atoms with E-state index in [4.69, 9.17) is 9.84 Å². The van der Waals surface area contributed by atoms with Crippen LogP contribution in [0.5, 0.6) is 5.75 Å². The Morgan fingerprint density at radius 1 is 0.718 bits per heavy atom. The minimum atomic E-state index is -3.70. The number of aromatic nitrogens is 3. The van der Waals surface area contributed by atoms with E-state index in [9.17, 15) is 8.42 Å². The number of fused-ring (bicyclic) bond motifs is 1. The molecule has 7 heteroatoms. The van der Waals surface area contributed by atoms with Crippen LogP contribution in [0.4, 0.5) is 0 Å². The van der Waals surface area contributed by atoms with Crippen molar-refractivity contribution in [3.05, 3.63) is 132 Å². The van der Waals surface area contributed by atoms with E-state index < -0.39 is 10.0 Å². The predicted molar refractivity (Wildman–Crippen MR) is 153 cm³/mol. The van der Waals surface area contributed by atoms with Crippen LogP contribution in [0.1, 0.15) is 17.0 Å². The van der Waals surface area contributed by atoms with Crippen LogP contribution in [0, 0.1) is 13.8 Å². The molecule has 0 N–H and O–H groups in total. The van der Waals surface area contributed by atoms with Gasteiger partial charge in [0, 0.05) is 28.7 Å². The quantitative estimate of drug-likeness (QED) is 0.224. The third-order valence-electron chi connectivity index (χ3n) is 6.80. The summed E-state index contributed by atoms with van der Waals surface area (Å²) in [6.07, 6.45) is 1.91. The van der Waals surface area contributed by atoms with Gasteiger partial charge in [0.25, 0.3) is 10.0 Å². The molecule has 3 heterocycles. The Morgan fingerprint density at radius 2 is 1.36 bits per heavy atom. The van der Waals surface area contributed by atoms with Crippen LogP contribution < -0.4 is 4.74 Å². The van der Waals surface area contributed by atoms with Gasteiger partial charge in [-0.05, 0) is 85.6 Å². The molecule has 3 aromatic heterocycles. The number of rotatable bonds is 7. The van der Waals surface area contributed by atoms with Gasteiger partial charge in [-0.3, -0.25) is 0 Å². The number of hydrogen-bond acceptors (Lipinski definition) is 4. The van der Waals surface area contributed by atoms with E-state index in [0.29, 0.717) is 18.0 Å². The SMILES string of the molecule is Cc1ccc(C)n1S(=O)(=O)c1ccc(-c2c(-c3ccc(OCc4ccccc4)cc3)nn3ccccc23)cc1. The summed E-state index contributed by atoms with van der Waals surface area (Å²) < 4.78 is 35.9. The summed E-state index contributed by atoms with van der Waals surface area (Å²) >= 11 is 0. The van der Waals surface area contributed by atoms with Gasteiger partial charge in [0.1, 0.15) is 18.1 Å². The maximum atomic E-state index is 13.3. The maximum absolute atomic E-state index is 13.3. The van der Waals surface area contributed by atoms with E-state index in [1.807, 2.05) is 108 Å². The fourth-order valence-corrected chi connectivity index (χ4v) is 6.44. The van der Waals surface area contributed by atoms with Gasteiger partial charge in [0.2, 0.25) is 0 Å². The van der Waals surface area contributed by atoms with Gasteiger partial charge < -0.3 is 4.74 Å². The van der Waals surface area contributed by atoms with Crippen LogP contribution in [0.3, 0.4) is 0 Å². The summed E-state index contributed by atoms with van der Waals surface area (Å²) in [5.74, 6) is 0.776. The molecule has 0 atom stereocenters. The zero-order valence-corrected chi connectivity index (χ0v) is 22.5. The monoisotopic (exact) mass is 533 g/mol. The zero-order valence-electron chi connectivity index (χ0n) is 21.7. The summed E-state index contributed by atoms with van der Waals surface area (Å²) in [5, 5.41) is 4.87. The Labute approximate surface area is 227 Å². The van der Waals surface area contributed by atoms with Crippen LogP contribution >= 0.6 is 0 Å². The van der Waals surface area contributed by atoms with E-state index in [2.05, 4.69) is 0 Å². The van der Waals surface area contributed by atoms with Crippen molar-refractivity contribution in [3.63, 3.8) is 0 Å². The molecule has 0 aliphatic heterocycles. The summed E-state index contributed by atoms with van der Waals surface area (Å²) in [5.41, 5.74) is 6.97. The largest absolute Gasteiger partial charge is 0.489 e. The first-order valence-corrected chi connectivity index (χ1v) is 14.1. The Hall–Kier alpha value is -4.62. The van der Waals surface area contributed by atoms with Crippen LogP contribution in [-0.4, -0.2) is 22.0 Å². The van der Waals surface area contributed by atoms with Gasteiger partial charge in [-0.15, -0.1) is 0 Å². The van der Waals surface area contributed by atoms with Gasteiger partial charge in [-0.1, -0.05) is 48.5 Å². The lowest BCUT2D eigenvalue weighted by molar-refractivity contribution is 0.306. The molecule has 0 aliphatic carbocycles. The van der Waals surface area contributed by atoms with Crippen LogP contribution in [0.2, 0.25) is 0 Å². The second kappa shape index (κ2) is 9.93. The smallest absolute Gasteiger partial charge is 0.268 e. The molecule has 0 spiro atoms. The fraction of sp³-hybridized carbons (Fsp3) is 0.0938. The Balaban J connectivity index is 1.35. The fourth-order valence-electron chi connectivity index (χ4n) is 4.87. The summed E-state index contributed by atoms with van der Waals surface area (Å²) in [4.78, 5) is 0.242. The Bertz CT molecular complexity index is 1850. The first kappa shape index (κ1) is 24.7. The molecule has 0 radical (unpaired) electrons. The average molecular weight is 534 g/mol. The highest BCUT2D eigenvalue weighted by atomic mass is 32.2. The summed E-state index contributed by atoms with van der Waals surface area (Å²) in [7, 11) is -3.70. The van der Waals surface area contributed by atoms with Gasteiger partial charge in [-0.25, -0.2) is 16.9 Å². The van der Waals surface area contributed by atoms with Crippen LogP contribution in [0.25, 0.3) is 27.9 Å². The van der Waals surface area contributed by atoms with Crippen LogP contribution in [0.15, 0.2) is 120 Å². The number of hydrogen-bond donors (Lipinski definition) is 0. The first-order chi connectivity index (χ1) is 18.9. The molecule has 0 bridgehead atoms. The highest BCUT2D eigenvalue weighted by molar-refractivity contribution is 7.90. The lowest BCUT2D eigenvalue weighted by Gasteiger charge is -2.12. The average Bonchev–Trinajstić information content (AvgIpc) is 3.52. The van der Waals surface area contributed by atoms with Crippen molar-refractivity contribution in [2.24, 2.45) is 0 Å². The van der Waals surface area contributed by atoms with Crippen molar-refractivity contribution >= 4 is 15.5 Å². The topological polar surface area (TPSA) is 65.6 Å². The zero-order chi connectivity index (χ0) is 27.0. The van der Waals surface area contributed by atoms with Crippen molar-refractivity contribution in [3.8, 4) is 28.1 Å². The lowest BCUT2D eigenvalue weighted by atomic mass is 10.00. The number of pyridine rings is 1. The highest BCUT2D eigenvalue weighted by Crippen LogP contribution is 2.36. The molecule has 3 aromatic carbocycles. The van der Waals surface area contributed by atoms with Crippen molar-refractivity contribution in [1.29, 1.82) is 0 Å². The van der Waals surface area contributed by atoms with E-state index in [-0.39, 0.29) is 4.90 Å². The van der Waals surface area contributed by atoms with Crippen molar-refractivity contribution < 1.29 is 13.2 Å². The predicted octanol–water partition coefficient (Wildman–Crippen LogP) is 6.90. The molecule has 0 aliphatic rings. The Morgan fingerprint density at radius 3 is 2.05 bits per heavy atom. The number of benzene rings is 3. The molecule has 0 amide bonds. The van der Waals surface area contributed by atoms with E-state index in [1.165, 1.54) is 3.97 Å². The van der Waals surface area contributed by atoms with E-state index in [1.54, 1.807) is 26.0 Å².